The van der Waals surface area contributed by atoms with Crippen molar-refractivity contribution in [1.29, 1.82) is 0 Å². The summed E-state index contributed by atoms with van der Waals surface area (Å²) in [6.45, 7) is 5.97. The normalized spacial score (nSPS) is 25.8. The molecule has 1 aliphatic heterocycles. The van der Waals surface area contributed by atoms with Gasteiger partial charge in [-0.2, -0.15) is 0 Å². The van der Waals surface area contributed by atoms with Crippen LogP contribution in [0.25, 0.3) is 0 Å². The maximum absolute atomic E-state index is 12.2. The number of likely N-dealkylation sites (tertiary alicyclic amines) is 1. The van der Waals surface area contributed by atoms with E-state index in [1.165, 1.54) is 6.42 Å². The molecule has 0 radical (unpaired) electrons. The minimum absolute atomic E-state index is 0.0761. The van der Waals surface area contributed by atoms with Crippen LogP contribution in [0.1, 0.15) is 49.6 Å². The number of piperidine rings is 1. The summed E-state index contributed by atoms with van der Waals surface area (Å²) < 4.78 is 5.29. The Labute approximate surface area is 95.6 Å². The highest BCUT2D eigenvalue weighted by Gasteiger charge is 2.31. The van der Waals surface area contributed by atoms with E-state index < -0.39 is 0 Å². The Morgan fingerprint density at radius 3 is 2.56 bits per heavy atom. The number of oxazole rings is 1. The second-order valence-corrected chi connectivity index (χ2v) is 4.62. The van der Waals surface area contributed by atoms with E-state index in [1.807, 2.05) is 4.90 Å². The van der Waals surface area contributed by atoms with Gasteiger partial charge in [-0.1, -0.05) is 0 Å². The lowest BCUT2D eigenvalue weighted by molar-refractivity contribution is 0.0469. The number of aryl methyl sites for hydroxylation is 1. The third kappa shape index (κ3) is 1.96. The number of hydrogen-bond donors (Lipinski definition) is 0. The predicted molar refractivity (Wildman–Crippen MR) is 60.2 cm³/mol. The first-order valence-electron chi connectivity index (χ1n) is 5.84. The van der Waals surface area contributed by atoms with Crippen LogP contribution in [0.4, 0.5) is 0 Å². The molecular formula is C12H18N2O2. The lowest BCUT2D eigenvalue weighted by Crippen LogP contribution is -2.47. The second-order valence-electron chi connectivity index (χ2n) is 4.62. The summed E-state index contributed by atoms with van der Waals surface area (Å²) >= 11 is 0. The third-order valence-corrected chi connectivity index (χ3v) is 3.23. The first kappa shape index (κ1) is 11.2. The van der Waals surface area contributed by atoms with Crippen molar-refractivity contribution < 1.29 is 9.21 Å². The summed E-state index contributed by atoms with van der Waals surface area (Å²) in [4.78, 5) is 18.1. The Balaban J connectivity index is 2.19. The molecule has 0 bridgehead atoms. The van der Waals surface area contributed by atoms with Gasteiger partial charge in [0, 0.05) is 12.1 Å². The van der Waals surface area contributed by atoms with E-state index in [0.29, 0.717) is 5.76 Å². The number of carbonyl (C=O) groups is 1. The molecule has 0 N–H and O–H groups in total. The number of amides is 1. The molecule has 1 amide bonds. The van der Waals surface area contributed by atoms with Crippen molar-refractivity contribution in [2.75, 3.05) is 0 Å². The van der Waals surface area contributed by atoms with Crippen LogP contribution >= 0.6 is 0 Å². The number of nitrogens with zero attached hydrogens (tertiary/aromatic N) is 2. The van der Waals surface area contributed by atoms with Crippen molar-refractivity contribution in [2.45, 2.75) is 52.1 Å². The third-order valence-electron chi connectivity index (χ3n) is 3.23. The van der Waals surface area contributed by atoms with E-state index >= 15 is 0 Å². The number of hydrogen-bond acceptors (Lipinski definition) is 3. The van der Waals surface area contributed by atoms with E-state index in [-0.39, 0.29) is 23.9 Å². The fourth-order valence-electron chi connectivity index (χ4n) is 2.39. The van der Waals surface area contributed by atoms with Crippen molar-refractivity contribution in [3.05, 3.63) is 17.8 Å². The smallest absolute Gasteiger partial charge is 0.310 e. The molecule has 0 aromatic carbocycles. The maximum atomic E-state index is 12.2. The van der Waals surface area contributed by atoms with Gasteiger partial charge in [0.25, 0.3) is 5.89 Å². The molecule has 2 rings (SSSR count). The molecule has 1 saturated heterocycles. The van der Waals surface area contributed by atoms with Crippen LogP contribution in [-0.4, -0.2) is 27.9 Å². The van der Waals surface area contributed by atoms with Gasteiger partial charge in [0.2, 0.25) is 0 Å². The number of rotatable bonds is 1. The van der Waals surface area contributed by atoms with Crippen LogP contribution in [-0.2, 0) is 0 Å². The molecule has 1 fully saturated rings. The van der Waals surface area contributed by atoms with Crippen molar-refractivity contribution in [3.63, 3.8) is 0 Å². The Kier molecular flexibility index (Phi) is 2.99. The average Bonchev–Trinajstić information content (AvgIpc) is 2.64. The lowest BCUT2D eigenvalue weighted by Gasteiger charge is -2.38. The summed E-state index contributed by atoms with van der Waals surface area (Å²) in [6.07, 6.45) is 4.91. The number of carbonyl (C=O) groups excluding carboxylic acids is 1. The van der Waals surface area contributed by atoms with Crippen LogP contribution in [0.15, 0.2) is 10.6 Å². The Morgan fingerprint density at radius 1 is 1.44 bits per heavy atom. The van der Waals surface area contributed by atoms with Gasteiger partial charge in [0.1, 0.15) is 5.76 Å². The highest BCUT2D eigenvalue weighted by atomic mass is 16.4. The molecule has 4 heteroatoms. The Morgan fingerprint density at radius 2 is 2.06 bits per heavy atom. The average molecular weight is 222 g/mol. The van der Waals surface area contributed by atoms with Gasteiger partial charge in [-0.05, 0) is 40.0 Å². The van der Waals surface area contributed by atoms with Crippen LogP contribution < -0.4 is 0 Å². The first-order valence-corrected chi connectivity index (χ1v) is 5.84. The summed E-state index contributed by atoms with van der Waals surface area (Å²) in [5.74, 6) is 0.826. The molecule has 16 heavy (non-hydrogen) atoms. The minimum atomic E-state index is -0.0761. The van der Waals surface area contributed by atoms with Crippen molar-refractivity contribution in [2.24, 2.45) is 0 Å². The summed E-state index contributed by atoms with van der Waals surface area (Å²) in [5.41, 5.74) is 0. The molecule has 2 unspecified atom stereocenters. The standard InChI is InChI=1S/C12H18N2O2/c1-8-5-4-6-9(2)14(8)12(15)11-13-7-10(3)16-11/h7-9H,4-6H2,1-3H3. The highest BCUT2D eigenvalue weighted by molar-refractivity contribution is 5.90. The maximum Gasteiger partial charge on any atom is 0.310 e. The zero-order chi connectivity index (χ0) is 11.7. The molecule has 0 spiro atoms. The quantitative estimate of drug-likeness (QED) is 0.733. The highest BCUT2D eigenvalue weighted by Crippen LogP contribution is 2.24. The predicted octanol–water partition coefficient (Wildman–Crippen LogP) is 2.39. The Hall–Kier alpha value is -1.32. The molecule has 2 atom stereocenters. The van der Waals surface area contributed by atoms with Crippen LogP contribution in [0.5, 0.6) is 0 Å². The molecule has 4 nitrogen and oxygen atoms in total. The Bertz CT molecular complexity index is 376. The molecule has 0 aliphatic carbocycles. The van der Waals surface area contributed by atoms with Gasteiger partial charge in [0.15, 0.2) is 0 Å². The number of aromatic nitrogens is 1. The van der Waals surface area contributed by atoms with Gasteiger partial charge < -0.3 is 9.32 Å². The minimum Gasteiger partial charge on any atom is -0.438 e. The molecular weight excluding hydrogens is 204 g/mol. The molecule has 0 saturated carbocycles. The lowest BCUT2D eigenvalue weighted by atomic mass is 9.97. The van der Waals surface area contributed by atoms with E-state index in [0.717, 1.165) is 12.8 Å². The van der Waals surface area contributed by atoms with E-state index in [4.69, 9.17) is 4.42 Å². The summed E-state index contributed by atoms with van der Waals surface area (Å²) in [5, 5.41) is 0. The van der Waals surface area contributed by atoms with Crippen molar-refractivity contribution >= 4 is 5.91 Å². The summed E-state index contributed by atoms with van der Waals surface area (Å²) in [6, 6.07) is 0.562. The first-order chi connectivity index (χ1) is 7.59. The fraction of sp³-hybridized carbons (Fsp3) is 0.667. The van der Waals surface area contributed by atoms with E-state index in [1.54, 1.807) is 13.1 Å². The van der Waals surface area contributed by atoms with Crippen LogP contribution in [0, 0.1) is 6.92 Å². The van der Waals surface area contributed by atoms with Crippen molar-refractivity contribution in [3.8, 4) is 0 Å². The van der Waals surface area contributed by atoms with Gasteiger partial charge >= 0.3 is 5.91 Å². The second kappa shape index (κ2) is 4.28. The van der Waals surface area contributed by atoms with Crippen molar-refractivity contribution in [1.82, 2.24) is 9.88 Å². The van der Waals surface area contributed by atoms with Gasteiger partial charge in [-0.15, -0.1) is 0 Å². The van der Waals surface area contributed by atoms with E-state index in [9.17, 15) is 4.79 Å². The zero-order valence-corrected chi connectivity index (χ0v) is 10.1. The van der Waals surface area contributed by atoms with Gasteiger partial charge in [0.05, 0.1) is 6.20 Å². The fourth-order valence-corrected chi connectivity index (χ4v) is 2.39. The van der Waals surface area contributed by atoms with Gasteiger partial charge in [-0.25, -0.2) is 4.98 Å². The summed E-state index contributed by atoms with van der Waals surface area (Å²) in [7, 11) is 0. The largest absolute Gasteiger partial charge is 0.438 e. The molecule has 88 valence electrons. The molecule has 1 aromatic heterocycles. The monoisotopic (exact) mass is 222 g/mol. The SMILES string of the molecule is Cc1cnc(C(=O)N2C(C)CCCC2C)o1. The zero-order valence-electron chi connectivity index (χ0n) is 10.1. The molecule has 1 aliphatic rings. The van der Waals surface area contributed by atoms with Gasteiger partial charge in [-0.3, -0.25) is 4.79 Å². The van der Waals surface area contributed by atoms with Crippen LogP contribution in [0.3, 0.4) is 0 Å². The van der Waals surface area contributed by atoms with E-state index in [2.05, 4.69) is 18.8 Å². The topological polar surface area (TPSA) is 46.3 Å². The van der Waals surface area contributed by atoms with Crippen LogP contribution in [0.2, 0.25) is 0 Å². The molecule has 2 heterocycles. The molecule has 1 aromatic rings.